The summed E-state index contributed by atoms with van der Waals surface area (Å²) in [4.78, 5) is 0. The van der Waals surface area contributed by atoms with Gasteiger partial charge in [0.15, 0.2) is 0 Å². The number of methoxy groups -OCH3 is 1. The van der Waals surface area contributed by atoms with Crippen LogP contribution in [0.15, 0.2) is 24.3 Å². The first kappa shape index (κ1) is 14.2. The van der Waals surface area contributed by atoms with Gasteiger partial charge < -0.3 is 15.6 Å². The van der Waals surface area contributed by atoms with E-state index in [2.05, 4.69) is 6.92 Å². The highest BCUT2D eigenvalue weighted by atomic mass is 16.5. The van der Waals surface area contributed by atoms with Gasteiger partial charge in [-0.1, -0.05) is 38.1 Å². The fraction of sp³-hybridized carbons (Fsp3) is 0.571. The Labute approximate surface area is 104 Å². The quantitative estimate of drug-likeness (QED) is 0.797. The van der Waals surface area contributed by atoms with Gasteiger partial charge >= 0.3 is 0 Å². The third-order valence-electron chi connectivity index (χ3n) is 3.58. The molecule has 0 saturated heterocycles. The second-order valence-corrected chi connectivity index (χ2v) is 4.75. The van der Waals surface area contributed by atoms with Crippen LogP contribution < -0.4 is 5.73 Å². The molecule has 0 aliphatic carbocycles. The number of aliphatic hydroxyl groups excluding tert-OH is 1. The molecule has 2 unspecified atom stereocenters. The predicted octanol–water partition coefficient (Wildman–Crippen LogP) is 2.24. The fourth-order valence-electron chi connectivity index (χ4n) is 1.91. The highest BCUT2D eigenvalue weighted by Crippen LogP contribution is 2.37. The number of nitrogens with two attached hydrogens (primary N) is 1. The first-order chi connectivity index (χ1) is 8.09. The van der Waals surface area contributed by atoms with Crippen LogP contribution in [0.3, 0.4) is 0 Å². The van der Waals surface area contributed by atoms with E-state index in [4.69, 9.17) is 10.5 Å². The highest BCUT2D eigenvalue weighted by molar-refractivity contribution is 5.30. The number of aliphatic hydroxyl groups is 1. The zero-order valence-corrected chi connectivity index (χ0v) is 10.9. The minimum absolute atomic E-state index is 0.288. The standard InChI is InChI=1S/C14H23NO2/c1-4-14(2,10-15)13(16)12-8-6-5-7-11(12)9-17-3/h5-8,13,16H,4,9-10,15H2,1-3H3. The molecule has 1 rings (SSSR count). The van der Waals surface area contributed by atoms with Crippen LogP contribution in [0.25, 0.3) is 0 Å². The van der Waals surface area contributed by atoms with Crippen molar-refractivity contribution in [3.05, 3.63) is 35.4 Å². The third-order valence-corrected chi connectivity index (χ3v) is 3.58. The third kappa shape index (κ3) is 3.06. The Kier molecular flexibility index (Phi) is 5.12. The van der Waals surface area contributed by atoms with Gasteiger partial charge in [-0.05, 0) is 17.5 Å². The van der Waals surface area contributed by atoms with E-state index in [-0.39, 0.29) is 5.41 Å². The summed E-state index contributed by atoms with van der Waals surface area (Å²) < 4.78 is 5.16. The van der Waals surface area contributed by atoms with Crippen molar-refractivity contribution >= 4 is 0 Å². The van der Waals surface area contributed by atoms with E-state index in [9.17, 15) is 5.11 Å². The van der Waals surface area contributed by atoms with Gasteiger partial charge in [-0.3, -0.25) is 0 Å². The van der Waals surface area contributed by atoms with Gasteiger partial charge in [0.25, 0.3) is 0 Å². The second kappa shape index (κ2) is 6.15. The molecule has 2 atom stereocenters. The summed E-state index contributed by atoms with van der Waals surface area (Å²) in [5.41, 5.74) is 7.44. The van der Waals surface area contributed by atoms with Gasteiger partial charge in [-0.2, -0.15) is 0 Å². The molecule has 0 aliphatic heterocycles. The smallest absolute Gasteiger partial charge is 0.0859 e. The predicted molar refractivity (Wildman–Crippen MR) is 69.6 cm³/mol. The number of benzene rings is 1. The SMILES string of the molecule is CCC(C)(CN)C(O)c1ccccc1COC. The van der Waals surface area contributed by atoms with E-state index in [1.54, 1.807) is 7.11 Å². The number of hydrogen-bond acceptors (Lipinski definition) is 3. The minimum atomic E-state index is -0.552. The molecule has 0 aromatic heterocycles. The molecule has 0 fully saturated rings. The zero-order chi connectivity index (χ0) is 12.9. The van der Waals surface area contributed by atoms with Crippen LogP contribution in [0.4, 0.5) is 0 Å². The van der Waals surface area contributed by atoms with Crippen molar-refractivity contribution in [2.45, 2.75) is 33.0 Å². The summed E-state index contributed by atoms with van der Waals surface area (Å²) >= 11 is 0. The highest BCUT2D eigenvalue weighted by Gasteiger charge is 2.32. The van der Waals surface area contributed by atoms with Crippen LogP contribution in [0.5, 0.6) is 0 Å². The average Bonchev–Trinajstić information content (AvgIpc) is 2.38. The largest absolute Gasteiger partial charge is 0.388 e. The summed E-state index contributed by atoms with van der Waals surface area (Å²) in [7, 11) is 1.66. The fourth-order valence-corrected chi connectivity index (χ4v) is 1.91. The Balaban J connectivity index is 3.06. The van der Waals surface area contributed by atoms with E-state index < -0.39 is 6.10 Å². The summed E-state index contributed by atoms with van der Waals surface area (Å²) in [5, 5.41) is 10.5. The second-order valence-electron chi connectivity index (χ2n) is 4.75. The van der Waals surface area contributed by atoms with Crippen molar-refractivity contribution in [2.24, 2.45) is 11.1 Å². The summed E-state index contributed by atoms with van der Waals surface area (Å²) in [5.74, 6) is 0. The van der Waals surface area contributed by atoms with E-state index in [0.29, 0.717) is 13.2 Å². The van der Waals surface area contributed by atoms with Crippen molar-refractivity contribution in [2.75, 3.05) is 13.7 Å². The van der Waals surface area contributed by atoms with Gasteiger partial charge in [0.05, 0.1) is 12.7 Å². The van der Waals surface area contributed by atoms with Gasteiger partial charge in [-0.15, -0.1) is 0 Å². The van der Waals surface area contributed by atoms with Crippen LogP contribution in [0.2, 0.25) is 0 Å². The molecule has 3 N–H and O–H groups in total. The number of ether oxygens (including phenoxy) is 1. The number of rotatable bonds is 6. The molecule has 3 heteroatoms. The molecule has 0 saturated carbocycles. The Morgan fingerprint density at radius 1 is 1.41 bits per heavy atom. The normalized spacial score (nSPS) is 16.5. The Bertz CT molecular complexity index is 348. The van der Waals surface area contributed by atoms with E-state index in [1.165, 1.54) is 0 Å². The van der Waals surface area contributed by atoms with Crippen molar-refractivity contribution in [3.63, 3.8) is 0 Å². The molecule has 0 bridgehead atoms. The Morgan fingerprint density at radius 2 is 2.06 bits per heavy atom. The van der Waals surface area contributed by atoms with E-state index >= 15 is 0 Å². The first-order valence-electron chi connectivity index (χ1n) is 6.04. The van der Waals surface area contributed by atoms with Crippen LogP contribution >= 0.6 is 0 Å². The first-order valence-corrected chi connectivity index (χ1v) is 6.04. The van der Waals surface area contributed by atoms with Crippen LogP contribution in [0, 0.1) is 5.41 Å². The topological polar surface area (TPSA) is 55.5 Å². The molecule has 3 nitrogen and oxygen atoms in total. The average molecular weight is 237 g/mol. The molecule has 0 aliphatic rings. The summed E-state index contributed by atoms with van der Waals surface area (Å²) in [6.07, 6.45) is 0.287. The van der Waals surface area contributed by atoms with E-state index in [1.807, 2.05) is 31.2 Å². The molecule has 0 heterocycles. The lowest BCUT2D eigenvalue weighted by Gasteiger charge is -2.33. The molecule has 0 amide bonds. The maximum atomic E-state index is 10.5. The maximum Gasteiger partial charge on any atom is 0.0859 e. The Morgan fingerprint density at radius 3 is 2.59 bits per heavy atom. The minimum Gasteiger partial charge on any atom is -0.388 e. The maximum absolute atomic E-state index is 10.5. The Hall–Kier alpha value is -0.900. The van der Waals surface area contributed by atoms with Crippen molar-refractivity contribution < 1.29 is 9.84 Å². The lowest BCUT2D eigenvalue weighted by molar-refractivity contribution is 0.0370. The molecule has 17 heavy (non-hydrogen) atoms. The van der Waals surface area contributed by atoms with Gasteiger partial charge in [0.1, 0.15) is 0 Å². The molecular formula is C14H23NO2. The van der Waals surface area contributed by atoms with Crippen molar-refractivity contribution in [1.29, 1.82) is 0 Å². The molecule has 1 aromatic carbocycles. The van der Waals surface area contributed by atoms with E-state index in [0.717, 1.165) is 17.5 Å². The zero-order valence-electron chi connectivity index (χ0n) is 10.9. The monoisotopic (exact) mass is 237 g/mol. The van der Waals surface area contributed by atoms with Crippen LogP contribution in [0.1, 0.15) is 37.5 Å². The molecule has 0 spiro atoms. The molecule has 96 valence electrons. The lowest BCUT2D eigenvalue weighted by Crippen LogP contribution is -2.33. The lowest BCUT2D eigenvalue weighted by atomic mass is 9.77. The molecular weight excluding hydrogens is 214 g/mol. The molecule has 0 radical (unpaired) electrons. The van der Waals surface area contributed by atoms with Gasteiger partial charge in [-0.25, -0.2) is 0 Å². The van der Waals surface area contributed by atoms with Gasteiger partial charge in [0.2, 0.25) is 0 Å². The van der Waals surface area contributed by atoms with Gasteiger partial charge in [0, 0.05) is 19.1 Å². The number of hydrogen-bond donors (Lipinski definition) is 2. The van der Waals surface area contributed by atoms with Crippen molar-refractivity contribution in [3.8, 4) is 0 Å². The summed E-state index contributed by atoms with van der Waals surface area (Å²) in [6.45, 7) is 5.04. The molecule has 1 aromatic rings. The van der Waals surface area contributed by atoms with Crippen LogP contribution in [-0.2, 0) is 11.3 Å². The summed E-state index contributed by atoms with van der Waals surface area (Å²) in [6, 6.07) is 7.82. The van der Waals surface area contributed by atoms with Crippen LogP contribution in [-0.4, -0.2) is 18.8 Å². The van der Waals surface area contributed by atoms with Crippen molar-refractivity contribution in [1.82, 2.24) is 0 Å².